The summed E-state index contributed by atoms with van der Waals surface area (Å²) in [5.41, 5.74) is 2.92. The number of amides is 3. The largest absolute Gasteiger partial charge is 0.325 e. The molecule has 1 heterocycles. The zero-order valence-electron chi connectivity index (χ0n) is 15.7. The number of nitrogens with zero attached hydrogens (tertiary/aromatic N) is 1. The molecule has 0 unspecified atom stereocenters. The van der Waals surface area contributed by atoms with Crippen molar-refractivity contribution in [3.8, 4) is 0 Å². The van der Waals surface area contributed by atoms with Gasteiger partial charge in [0.05, 0.1) is 22.6 Å². The highest BCUT2D eigenvalue weighted by molar-refractivity contribution is 8.00. The lowest BCUT2D eigenvalue weighted by Gasteiger charge is -2.15. The maximum absolute atomic E-state index is 12.6. The number of imide groups is 1. The molecule has 3 aromatic carbocycles. The normalized spacial score (nSPS) is 12.8. The van der Waals surface area contributed by atoms with Crippen LogP contribution in [0.3, 0.4) is 0 Å². The fourth-order valence-electron chi connectivity index (χ4n) is 3.13. The van der Waals surface area contributed by atoms with Gasteiger partial charge >= 0.3 is 0 Å². The van der Waals surface area contributed by atoms with Crippen LogP contribution in [0.15, 0.2) is 77.7 Å². The SMILES string of the molecule is Cc1ccc(SCC(=O)Nc2cccc(N3C(=O)c4ccccc4C3=O)c2)cc1. The van der Waals surface area contributed by atoms with Crippen molar-refractivity contribution in [2.75, 3.05) is 16.0 Å². The van der Waals surface area contributed by atoms with Gasteiger partial charge in [0.15, 0.2) is 0 Å². The zero-order chi connectivity index (χ0) is 20.4. The molecule has 6 heteroatoms. The van der Waals surface area contributed by atoms with Gasteiger partial charge in [-0.05, 0) is 49.4 Å². The lowest BCUT2D eigenvalue weighted by atomic mass is 10.1. The lowest BCUT2D eigenvalue weighted by molar-refractivity contribution is -0.113. The average molecular weight is 402 g/mol. The Labute approximate surface area is 172 Å². The van der Waals surface area contributed by atoms with E-state index >= 15 is 0 Å². The van der Waals surface area contributed by atoms with Gasteiger partial charge in [-0.3, -0.25) is 14.4 Å². The monoisotopic (exact) mass is 402 g/mol. The van der Waals surface area contributed by atoms with Crippen molar-refractivity contribution >= 4 is 40.9 Å². The molecule has 3 aromatic rings. The Bertz CT molecular complexity index is 1070. The van der Waals surface area contributed by atoms with Crippen molar-refractivity contribution in [2.45, 2.75) is 11.8 Å². The summed E-state index contributed by atoms with van der Waals surface area (Å²) in [5.74, 6) is -0.608. The minimum atomic E-state index is -0.357. The van der Waals surface area contributed by atoms with Gasteiger partial charge in [0, 0.05) is 10.6 Å². The molecule has 29 heavy (non-hydrogen) atoms. The summed E-state index contributed by atoms with van der Waals surface area (Å²) in [6.45, 7) is 2.02. The highest BCUT2D eigenvalue weighted by atomic mass is 32.2. The molecule has 0 radical (unpaired) electrons. The summed E-state index contributed by atoms with van der Waals surface area (Å²) in [7, 11) is 0. The molecule has 1 aliphatic rings. The Kier molecular flexibility index (Phi) is 5.18. The maximum atomic E-state index is 12.6. The van der Waals surface area contributed by atoms with Crippen LogP contribution >= 0.6 is 11.8 Å². The fourth-order valence-corrected chi connectivity index (χ4v) is 3.83. The van der Waals surface area contributed by atoms with Crippen molar-refractivity contribution in [3.63, 3.8) is 0 Å². The van der Waals surface area contributed by atoms with Crippen molar-refractivity contribution < 1.29 is 14.4 Å². The van der Waals surface area contributed by atoms with E-state index in [9.17, 15) is 14.4 Å². The van der Waals surface area contributed by atoms with Crippen molar-refractivity contribution in [1.29, 1.82) is 0 Å². The highest BCUT2D eigenvalue weighted by Gasteiger charge is 2.36. The van der Waals surface area contributed by atoms with Gasteiger partial charge < -0.3 is 5.32 Å². The van der Waals surface area contributed by atoms with Gasteiger partial charge in [-0.2, -0.15) is 0 Å². The topological polar surface area (TPSA) is 66.5 Å². The first kappa shape index (κ1) is 19.0. The van der Waals surface area contributed by atoms with E-state index < -0.39 is 0 Å². The summed E-state index contributed by atoms with van der Waals surface area (Å²) in [6.07, 6.45) is 0. The molecule has 5 nitrogen and oxygen atoms in total. The predicted molar refractivity (Wildman–Crippen MR) is 115 cm³/mol. The predicted octanol–water partition coefficient (Wildman–Crippen LogP) is 4.53. The fraction of sp³-hybridized carbons (Fsp3) is 0.0870. The third kappa shape index (κ3) is 3.93. The molecule has 0 fully saturated rings. The van der Waals surface area contributed by atoms with E-state index in [0.717, 1.165) is 9.80 Å². The molecule has 0 saturated heterocycles. The molecule has 0 spiro atoms. The Morgan fingerprint density at radius 1 is 0.897 bits per heavy atom. The molecule has 3 amide bonds. The number of benzene rings is 3. The molecular weight excluding hydrogens is 384 g/mol. The zero-order valence-corrected chi connectivity index (χ0v) is 16.5. The minimum absolute atomic E-state index is 0.157. The van der Waals surface area contributed by atoms with Gasteiger partial charge in [-0.1, -0.05) is 35.9 Å². The van der Waals surface area contributed by atoms with Crippen molar-refractivity contribution in [1.82, 2.24) is 0 Å². The van der Waals surface area contributed by atoms with Crippen LogP contribution < -0.4 is 10.2 Å². The molecule has 0 saturated carbocycles. The van der Waals surface area contributed by atoms with Gasteiger partial charge in [0.1, 0.15) is 0 Å². The molecular formula is C23H18N2O3S. The third-order valence-electron chi connectivity index (χ3n) is 4.57. The Balaban J connectivity index is 1.45. The first-order valence-corrected chi connectivity index (χ1v) is 10.1. The van der Waals surface area contributed by atoms with Gasteiger partial charge in [0.2, 0.25) is 5.91 Å². The number of thioether (sulfide) groups is 1. The van der Waals surface area contributed by atoms with Gasteiger partial charge in [-0.15, -0.1) is 11.8 Å². The molecule has 0 aromatic heterocycles. The number of anilines is 2. The number of hydrogen-bond donors (Lipinski definition) is 1. The minimum Gasteiger partial charge on any atom is -0.325 e. The van der Waals surface area contributed by atoms with Crippen molar-refractivity contribution in [2.24, 2.45) is 0 Å². The third-order valence-corrected chi connectivity index (χ3v) is 5.59. The first-order valence-electron chi connectivity index (χ1n) is 9.10. The second-order valence-corrected chi connectivity index (χ2v) is 7.74. The first-order chi connectivity index (χ1) is 14.0. The van der Waals surface area contributed by atoms with Crippen LogP contribution in [0.5, 0.6) is 0 Å². The molecule has 1 N–H and O–H groups in total. The summed E-state index contributed by atoms with van der Waals surface area (Å²) in [4.78, 5) is 39.7. The average Bonchev–Trinajstić information content (AvgIpc) is 2.98. The number of carbonyl (C=O) groups is 3. The van der Waals surface area contributed by atoms with Gasteiger partial charge in [0.25, 0.3) is 11.8 Å². The van der Waals surface area contributed by atoms with Crippen LogP contribution in [0.1, 0.15) is 26.3 Å². The smallest absolute Gasteiger partial charge is 0.266 e. The summed E-state index contributed by atoms with van der Waals surface area (Å²) >= 11 is 1.45. The van der Waals surface area contributed by atoms with Crippen LogP contribution in [0.4, 0.5) is 11.4 Å². The summed E-state index contributed by atoms with van der Waals surface area (Å²) < 4.78 is 0. The second-order valence-electron chi connectivity index (χ2n) is 6.69. The molecule has 0 atom stereocenters. The second kappa shape index (κ2) is 7.93. The number of aryl methyl sites for hydroxylation is 1. The molecule has 1 aliphatic heterocycles. The molecule has 0 bridgehead atoms. The van der Waals surface area contributed by atoms with E-state index in [1.165, 1.54) is 17.3 Å². The maximum Gasteiger partial charge on any atom is 0.266 e. The van der Waals surface area contributed by atoms with E-state index in [1.54, 1.807) is 48.5 Å². The Morgan fingerprint density at radius 2 is 1.55 bits per heavy atom. The molecule has 0 aliphatic carbocycles. The Morgan fingerprint density at radius 3 is 2.21 bits per heavy atom. The number of rotatable bonds is 5. The van der Waals surface area contributed by atoms with Crippen LogP contribution in [-0.2, 0) is 4.79 Å². The number of hydrogen-bond acceptors (Lipinski definition) is 4. The van der Waals surface area contributed by atoms with Crippen LogP contribution in [0.2, 0.25) is 0 Å². The number of fused-ring (bicyclic) bond motifs is 1. The highest BCUT2D eigenvalue weighted by Crippen LogP contribution is 2.29. The number of nitrogens with one attached hydrogen (secondary N) is 1. The Hall–Kier alpha value is -3.38. The summed E-state index contributed by atoms with van der Waals surface area (Å²) in [5, 5.41) is 2.83. The molecule has 144 valence electrons. The lowest BCUT2D eigenvalue weighted by Crippen LogP contribution is -2.29. The van der Waals surface area contributed by atoms with Crippen LogP contribution in [0.25, 0.3) is 0 Å². The van der Waals surface area contributed by atoms with E-state index in [0.29, 0.717) is 22.5 Å². The molecule has 4 rings (SSSR count). The van der Waals surface area contributed by atoms with Crippen molar-refractivity contribution in [3.05, 3.63) is 89.5 Å². The van der Waals surface area contributed by atoms with E-state index in [4.69, 9.17) is 0 Å². The van der Waals surface area contributed by atoms with Gasteiger partial charge in [-0.25, -0.2) is 4.90 Å². The standard InChI is InChI=1S/C23H18N2O3S/c1-15-9-11-18(12-10-15)29-14-21(26)24-16-5-4-6-17(13-16)25-22(27)19-7-2-3-8-20(19)23(25)28/h2-13H,14H2,1H3,(H,24,26). The van der Waals surface area contributed by atoms with E-state index in [2.05, 4.69) is 5.32 Å². The van der Waals surface area contributed by atoms with Crippen LogP contribution in [-0.4, -0.2) is 23.5 Å². The van der Waals surface area contributed by atoms with E-state index in [-0.39, 0.29) is 23.5 Å². The number of carbonyl (C=O) groups excluding carboxylic acids is 3. The van der Waals surface area contributed by atoms with Crippen LogP contribution in [0, 0.1) is 6.92 Å². The quantitative estimate of drug-likeness (QED) is 0.503. The summed E-state index contributed by atoms with van der Waals surface area (Å²) in [6, 6.07) is 21.5. The van der Waals surface area contributed by atoms with E-state index in [1.807, 2.05) is 31.2 Å².